The van der Waals surface area contributed by atoms with Gasteiger partial charge in [-0.3, -0.25) is 4.90 Å². The van der Waals surface area contributed by atoms with Gasteiger partial charge in [0.25, 0.3) is 0 Å². The van der Waals surface area contributed by atoms with E-state index in [1.54, 1.807) is 24.3 Å². The second kappa shape index (κ2) is 7.72. The summed E-state index contributed by atoms with van der Waals surface area (Å²) in [5, 5.41) is 5.74. The molecule has 130 valence electrons. The zero-order chi connectivity index (χ0) is 16.9. The van der Waals surface area contributed by atoms with Crippen molar-refractivity contribution in [2.75, 3.05) is 51.6 Å². The Hall–Kier alpha value is -1.99. The Bertz CT molecular complexity index is 561. The number of benzene rings is 1. The van der Waals surface area contributed by atoms with Crippen molar-refractivity contribution >= 4 is 17.4 Å². The molecule has 1 aromatic rings. The summed E-state index contributed by atoms with van der Waals surface area (Å²) in [7, 11) is 2.17. The van der Waals surface area contributed by atoms with Crippen LogP contribution in [0.1, 0.15) is 12.8 Å². The molecular formula is C17H25N5O2. The molecule has 24 heavy (non-hydrogen) atoms. The number of likely N-dealkylation sites (tertiary alicyclic amines) is 1. The number of piperidine rings is 1. The molecule has 2 aliphatic heterocycles. The van der Waals surface area contributed by atoms with Crippen molar-refractivity contribution in [3.63, 3.8) is 0 Å². The minimum atomic E-state index is -0.0707. The Morgan fingerprint density at radius 2 is 1.67 bits per heavy atom. The first-order valence-corrected chi connectivity index (χ1v) is 8.57. The fraction of sp³-hybridized carbons (Fsp3) is 0.588. The molecule has 2 heterocycles. The zero-order valence-electron chi connectivity index (χ0n) is 14.1. The molecule has 3 rings (SSSR count). The van der Waals surface area contributed by atoms with Gasteiger partial charge in [-0.1, -0.05) is 0 Å². The summed E-state index contributed by atoms with van der Waals surface area (Å²) in [6.07, 6.45) is 2.07. The van der Waals surface area contributed by atoms with Crippen LogP contribution in [0.15, 0.2) is 29.4 Å². The van der Waals surface area contributed by atoms with Crippen LogP contribution in [0.5, 0.6) is 0 Å². The van der Waals surface area contributed by atoms with E-state index in [1.807, 2.05) is 4.90 Å². The van der Waals surface area contributed by atoms with Gasteiger partial charge in [0.15, 0.2) is 0 Å². The predicted octanol–water partition coefficient (Wildman–Crippen LogP) is 2.33. The molecule has 0 unspecified atom stereocenters. The number of nitrogens with zero attached hydrogens (tertiary/aromatic N) is 4. The number of rotatable bonds is 3. The van der Waals surface area contributed by atoms with Crippen molar-refractivity contribution in [3.8, 4) is 0 Å². The van der Waals surface area contributed by atoms with Crippen LogP contribution in [0.25, 0.3) is 0 Å². The summed E-state index contributed by atoms with van der Waals surface area (Å²) in [6.45, 7) is 6.10. The molecule has 2 fully saturated rings. The molecule has 2 saturated heterocycles. The first-order chi connectivity index (χ1) is 11.7. The van der Waals surface area contributed by atoms with Gasteiger partial charge in [0.2, 0.25) is 0 Å². The van der Waals surface area contributed by atoms with Gasteiger partial charge < -0.3 is 15.1 Å². The van der Waals surface area contributed by atoms with Crippen LogP contribution >= 0.6 is 0 Å². The molecule has 0 aromatic heterocycles. The van der Waals surface area contributed by atoms with Gasteiger partial charge in [0.05, 0.1) is 0 Å². The molecule has 0 aliphatic carbocycles. The van der Waals surface area contributed by atoms with Crippen LogP contribution in [0, 0.1) is 4.91 Å². The smallest absolute Gasteiger partial charge is 0.321 e. The zero-order valence-corrected chi connectivity index (χ0v) is 14.1. The monoisotopic (exact) mass is 331 g/mol. The maximum absolute atomic E-state index is 12.4. The number of amides is 2. The lowest BCUT2D eigenvalue weighted by molar-refractivity contribution is 0.0765. The van der Waals surface area contributed by atoms with Crippen molar-refractivity contribution < 1.29 is 4.79 Å². The first kappa shape index (κ1) is 16.9. The molecule has 2 aliphatic rings. The quantitative estimate of drug-likeness (QED) is 0.863. The molecule has 0 bridgehead atoms. The van der Waals surface area contributed by atoms with Gasteiger partial charge in [-0.15, -0.1) is 4.91 Å². The summed E-state index contributed by atoms with van der Waals surface area (Å²) in [6, 6.07) is 7.13. The molecule has 7 nitrogen and oxygen atoms in total. The number of hydrogen-bond donors (Lipinski definition) is 1. The summed E-state index contributed by atoms with van der Waals surface area (Å²) in [4.78, 5) is 29.6. The molecule has 0 saturated carbocycles. The van der Waals surface area contributed by atoms with Gasteiger partial charge in [-0.2, -0.15) is 0 Å². The van der Waals surface area contributed by atoms with Crippen LogP contribution in [0.3, 0.4) is 0 Å². The Kier molecular flexibility index (Phi) is 5.42. The van der Waals surface area contributed by atoms with E-state index in [-0.39, 0.29) is 6.03 Å². The Labute approximate surface area is 142 Å². The Balaban J connectivity index is 1.47. The third kappa shape index (κ3) is 4.10. The molecule has 1 N–H and O–H groups in total. The highest BCUT2D eigenvalue weighted by molar-refractivity contribution is 5.89. The predicted molar refractivity (Wildman–Crippen MR) is 94.6 cm³/mol. The van der Waals surface area contributed by atoms with E-state index < -0.39 is 0 Å². The van der Waals surface area contributed by atoms with Crippen molar-refractivity contribution in [2.24, 2.45) is 5.18 Å². The van der Waals surface area contributed by atoms with Crippen molar-refractivity contribution in [1.82, 2.24) is 14.7 Å². The molecule has 2 amide bonds. The van der Waals surface area contributed by atoms with Crippen LogP contribution in [0.2, 0.25) is 0 Å². The summed E-state index contributed by atoms with van der Waals surface area (Å²) in [5.41, 5.74) is 1.05. The van der Waals surface area contributed by atoms with Crippen LogP contribution in [-0.2, 0) is 0 Å². The fourth-order valence-electron chi connectivity index (χ4n) is 3.43. The molecule has 7 heteroatoms. The number of nitrogens with one attached hydrogen (secondary N) is 1. The summed E-state index contributed by atoms with van der Waals surface area (Å²) in [5.74, 6) is 0. The minimum Gasteiger partial charge on any atom is -0.324 e. The standard InChI is InChI=1S/C17H25N5O2/c1-20-10-12-21(13-11-20)16-6-8-22(9-7-16)17(23)18-14-2-4-15(19-24)5-3-14/h2-5,16H,6-13H2,1H3,(H,18,23). The van der Waals surface area contributed by atoms with Gasteiger partial charge in [-0.25, -0.2) is 4.79 Å². The third-order valence-electron chi connectivity index (χ3n) is 5.03. The number of likely N-dealkylation sites (N-methyl/N-ethyl adjacent to an activating group) is 1. The number of piperazine rings is 1. The van der Waals surface area contributed by atoms with E-state index in [0.717, 1.165) is 52.1 Å². The van der Waals surface area contributed by atoms with E-state index in [0.29, 0.717) is 17.4 Å². The highest BCUT2D eigenvalue weighted by Gasteiger charge is 2.28. The topological polar surface area (TPSA) is 68.2 Å². The number of hydrogen-bond acceptors (Lipinski definition) is 5. The van der Waals surface area contributed by atoms with E-state index in [2.05, 4.69) is 27.3 Å². The Morgan fingerprint density at radius 1 is 1.04 bits per heavy atom. The first-order valence-electron chi connectivity index (χ1n) is 8.57. The highest BCUT2D eigenvalue weighted by atomic mass is 16.3. The van der Waals surface area contributed by atoms with Gasteiger partial charge in [-0.05, 0) is 49.3 Å². The average Bonchev–Trinajstić information content (AvgIpc) is 2.63. The lowest BCUT2D eigenvalue weighted by atomic mass is 10.0. The number of carbonyl (C=O) groups excluding carboxylic acids is 1. The fourth-order valence-corrected chi connectivity index (χ4v) is 3.43. The number of nitroso groups, excluding NO2 is 1. The van der Waals surface area contributed by atoms with Gasteiger partial charge >= 0.3 is 6.03 Å². The lowest BCUT2D eigenvalue weighted by Gasteiger charge is -2.42. The van der Waals surface area contributed by atoms with Gasteiger partial charge in [0, 0.05) is 51.0 Å². The summed E-state index contributed by atoms with van der Waals surface area (Å²) >= 11 is 0. The van der Waals surface area contributed by atoms with Crippen LogP contribution < -0.4 is 5.32 Å². The van der Waals surface area contributed by atoms with Crippen LogP contribution in [0.4, 0.5) is 16.2 Å². The average molecular weight is 331 g/mol. The third-order valence-corrected chi connectivity index (χ3v) is 5.03. The van der Waals surface area contributed by atoms with E-state index in [9.17, 15) is 9.70 Å². The second-order valence-corrected chi connectivity index (χ2v) is 6.63. The SMILES string of the molecule is CN1CCN(C2CCN(C(=O)Nc3ccc(N=O)cc3)CC2)CC1. The van der Waals surface area contributed by atoms with Crippen molar-refractivity contribution in [3.05, 3.63) is 29.2 Å². The number of carbonyl (C=O) groups is 1. The summed E-state index contributed by atoms with van der Waals surface area (Å²) < 4.78 is 0. The van der Waals surface area contributed by atoms with E-state index in [4.69, 9.17) is 0 Å². The normalized spacial score (nSPS) is 20.8. The van der Waals surface area contributed by atoms with E-state index >= 15 is 0 Å². The van der Waals surface area contributed by atoms with Gasteiger partial charge in [0.1, 0.15) is 5.69 Å². The van der Waals surface area contributed by atoms with Crippen molar-refractivity contribution in [2.45, 2.75) is 18.9 Å². The molecule has 0 radical (unpaired) electrons. The molecule has 0 spiro atoms. The Morgan fingerprint density at radius 3 is 2.25 bits per heavy atom. The number of anilines is 1. The van der Waals surface area contributed by atoms with Crippen LogP contribution in [-0.4, -0.2) is 73.1 Å². The van der Waals surface area contributed by atoms with Crippen molar-refractivity contribution in [1.29, 1.82) is 0 Å². The molecule has 1 aromatic carbocycles. The largest absolute Gasteiger partial charge is 0.324 e. The lowest BCUT2D eigenvalue weighted by Crippen LogP contribution is -2.53. The second-order valence-electron chi connectivity index (χ2n) is 6.63. The van der Waals surface area contributed by atoms with E-state index in [1.165, 1.54) is 0 Å². The maximum atomic E-state index is 12.4. The number of urea groups is 1. The molecule has 0 atom stereocenters. The highest BCUT2D eigenvalue weighted by Crippen LogP contribution is 2.20. The maximum Gasteiger partial charge on any atom is 0.321 e. The molecular weight excluding hydrogens is 306 g/mol. The minimum absolute atomic E-state index is 0.0707.